The van der Waals surface area contributed by atoms with Gasteiger partial charge in [-0.2, -0.15) is 4.31 Å². The summed E-state index contributed by atoms with van der Waals surface area (Å²) in [5.41, 5.74) is 3.06. The summed E-state index contributed by atoms with van der Waals surface area (Å²) in [5, 5.41) is 0.571. The van der Waals surface area contributed by atoms with E-state index in [1.807, 2.05) is 45.0 Å². The molecule has 3 aromatic rings. The van der Waals surface area contributed by atoms with Crippen molar-refractivity contribution in [3.8, 4) is 0 Å². The molecule has 0 N–H and O–H groups in total. The third kappa shape index (κ3) is 4.72. The van der Waals surface area contributed by atoms with Gasteiger partial charge in [-0.05, 0) is 82.2 Å². The Bertz CT molecular complexity index is 1310. The number of halogens is 1. The molecule has 2 heterocycles. The maximum absolute atomic E-state index is 13.8. The summed E-state index contributed by atoms with van der Waals surface area (Å²) < 4.78 is 42.3. The number of anilines is 1. The fraction of sp³-hybridized carbons (Fsp3) is 0.417. The van der Waals surface area contributed by atoms with Crippen LogP contribution in [0.15, 0.2) is 41.3 Å². The van der Waals surface area contributed by atoms with Gasteiger partial charge in [-0.3, -0.25) is 9.69 Å². The lowest BCUT2D eigenvalue weighted by molar-refractivity contribution is -0.121. The van der Waals surface area contributed by atoms with E-state index in [0.717, 1.165) is 33.5 Å². The molecule has 2 aromatic carbocycles. The van der Waals surface area contributed by atoms with E-state index in [0.29, 0.717) is 31.1 Å². The van der Waals surface area contributed by atoms with E-state index >= 15 is 0 Å². The molecule has 7 nitrogen and oxygen atoms in total. The number of carbonyl (C=O) groups is 1. The number of carbonyl (C=O) groups excluding carboxylic acids is 1. The van der Waals surface area contributed by atoms with Crippen molar-refractivity contribution in [2.45, 2.75) is 37.6 Å². The van der Waals surface area contributed by atoms with Gasteiger partial charge < -0.3 is 4.90 Å². The van der Waals surface area contributed by atoms with E-state index in [2.05, 4.69) is 0 Å². The van der Waals surface area contributed by atoms with Crippen LogP contribution < -0.4 is 4.90 Å². The third-order valence-corrected chi connectivity index (χ3v) is 9.22. The molecular formula is C24H29FN4O3S2. The molecular weight excluding hydrogens is 475 g/mol. The van der Waals surface area contributed by atoms with Gasteiger partial charge in [0.2, 0.25) is 15.9 Å². The van der Waals surface area contributed by atoms with Crippen molar-refractivity contribution in [1.82, 2.24) is 14.2 Å². The summed E-state index contributed by atoms with van der Waals surface area (Å²) in [6.45, 7) is 5.29. The Labute approximate surface area is 203 Å². The molecule has 1 fully saturated rings. The van der Waals surface area contributed by atoms with E-state index in [-0.39, 0.29) is 17.3 Å². The molecule has 0 radical (unpaired) electrons. The SMILES string of the molecule is Cc1ccc2sc(N(CCN(C)C)C(=O)C3CCCN3S(=O)(=O)c3ccc(F)cc3)nc2c1C. The van der Waals surface area contributed by atoms with Crippen LogP contribution in [0.4, 0.5) is 9.52 Å². The maximum Gasteiger partial charge on any atom is 0.247 e. The molecule has 0 bridgehead atoms. The van der Waals surface area contributed by atoms with Crippen molar-refractivity contribution in [2.75, 3.05) is 38.6 Å². The summed E-state index contributed by atoms with van der Waals surface area (Å²) in [6, 6.07) is 7.95. The minimum atomic E-state index is -3.94. The Morgan fingerprint density at radius 3 is 2.53 bits per heavy atom. The van der Waals surface area contributed by atoms with Gasteiger partial charge in [0.25, 0.3) is 0 Å². The molecule has 0 aliphatic carbocycles. The number of amides is 1. The number of likely N-dealkylation sites (N-methyl/N-ethyl adjacent to an activating group) is 1. The molecule has 1 aromatic heterocycles. The molecule has 1 amide bonds. The number of nitrogens with zero attached hydrogens (tertiary/aromatic N) is 4. The van der Waals surface area contributed by atoms with Crippen LogP contribution in [-0.2, 0) is 14.8 Å². The number of fused-ring (bicyclic) bond motifs is 1. The van der Waals surface area contributed by atoms with E-state index < -0.39 is 21.9 Å². The minimum absolute atomic E-state index is 0.0143. The monoisotopic (exact) mass is 504 g/mol. The number of hydrogen-bond acceptors (Lipinski definition) is 6. The van der Waals surface area contributed by atoms with Crippen LogP contribution in [0.3, 0.4) is 0 Å². The van der Waals surface area contributed by atoms with E-state index in [4.69, 9.17) is 4.98 Å². The van der Waals surface area contributed by atoms with Crippen LogP contribution >= 0.6 is 11.3 Å². The van der Waals surface area contributed by atoms with Gasteiger partial charge in [-0.15, -0.1) is 0 Å². The fourth-order valence-corrected chi connectivity index (χ4v) is 6.83. The first-order valence-electron chi connectivity index (χ1n) is 11.2. The summed E-state index contributed by atoms with van der Waals surface area (Å²) >= 11 is 1.44. The van der Waals surface area contributed by atoms with Gasteiger partial charge in [-0.25, -0.2) is 17.8 Å². The van der Waals surface area contributed by atoms with Gasteiger partial charge in [0.15, 0.2) is 5.13 Å². The van der Waals surface area contributed by atoms with Crippen molar-refractivity contribution < 1.29 is 17.6 Å². The molecule has 1 atom stereocenters. The summed E-state index contributed by atoms with van der Waals surface area (Å²) in [5.74, 6) is -0.789. The fourth-order valence-electron chi connectivity index (χ4n) is 4.13. The number of benzene rings is 2. The average molecular weight is 505 g/mol. The van der Waals surface area contributed by atoms with Crippen molar-refractivity contribution in [2.24, 2.45) is 0 Å². The van der Waals surface area contributed by atoms with Gasteiger partial charge in [0.1, 0.15) is 11.9 Å². The van der Waals surface area contributed by atoms with Crippen LogP contribution in [0.25, 0.3) is 10.2 Å². The standard InChI is InChI=1S/C24H29FN4O3S2/c1-16-7-12-21-22(17(16)2)26-24(33-21)28(15-14-27(3)4)23(30)20-6-5-13-29(20)34(31,32)19-10-8-18(25)9-11-19/h7-12,20H,5-6,13-15H2,1-4H3. The maximum atomic E-state index is 13.8. The number of aromatic nitrogens is 1. The zero-order chi connectivity index (χ0) is 24.6. The zero-order valence-corrected chi connectivity index (χ0v) is 21.4. The summed E-state index contributed by atoms with van der Waals surface area (Å²) in [4.78, 5) is 22.2. The highest BCUT2D eigenvalue weighted by molar-refractivity contribution is 7.89. The molecule has 1 aliphatic heterocycles. The Kier molecular flexibility index (Phi) is 7.04. The van der Waals surface area contributed by atoms with Crippen molar-refractivity contribution in [3.05, 3.63) is 53.3 Å². The topological polar surface area (TPSA) is 73.8 Å². The minimum Gasteiger partial charge on any atom is -0.308 e. The van der Waals surface area contributed by atoms with Crippen molar-refractivity contribution in [3.63, 3.8) is 0 Å². The number of aryl methyl sites for hydroxylation is 2. The Balaban J connectivity index is 1.70. The van der Waals surface area contributed by atoms with E-state index in [1.54, 1.807) is 4.90 Å². The Hall–Kier alpha value is -2.40. The predicted octanol–water partition coefficient (Wildman–Crippen LogP) is 3.80. The molecule has 1 unspecified atom stereocenters. The van der Waals surface area contributed by atoms with Gasteiger partial charge in [0.05, 0.1) is 15.1 Å². The molecule has 4 rings (SSSR count). The molecule has 0 saturated carbocycles. The van der Waals surface area contributed by atoms with Gasteiger partial charge >= 0.3 is 0 Å². The van der Waals surface area contributed by atoms with Crippen LogP contribution in [0.1, 0.15) is 24.0 Å². The number of sulfonamides is 1. The highest BCUT2D eigenvalue weighted by atomic mass is 32.2. The van der Waals surface area contributed by atoms with E-state index in [9.17, 15) is 17.6 Å². The van der Waals surface area contributed by atoms with Crippen LogP contribution in [-0.4, -0.2) is 68.3 Å². The highest BCUT2D eigenvalue weighted by Crippen LogP contribution is 2.34. The quantitative estimate of drug-likeness (QED) is 0.489. The highest BCUT2D eigenvalue weighted by Gasteiger charge is 2.42. The lowest BCUT2D eigenvalue weighted by Gasteiger charge is -2.29. The van der Waals surface area contributed by atoms with Crippen LogP contribution in [0.2, 0.25) is 0 Å². The average Bonchev–Trinajstić information content (AvgIpc) is 3.45. The molecule has 182 valence electrons. The zero-order valence-electron chi connectivity index (χ0n) is 19.8. The molecule has 34 heavy (non-hydrogen) atoms. The molecule has 1 saturated heterocycles. The van der Waals surface area contributed by atoms with Crippen molar-refractivity contribution in [1.29, 1.82) is 0 Å². The molecule has 0 spiro atoms. The summed E-state index contributed by atoms with van der Waals surface area (Å²) in [6.07, 6.45) is 1.01. The first-order chi connectivity index (χ1) is 16.1. The first-order valence-corrected chi connectivity index (χ1v) is 13.5. The largest absolute Gasteiger partial charge is 0.308 e. The smallest absolute Gasteiger partial charge is 0.247 e. The number of thiazole rings is 1. The Morgan fingerprint density at radius 1 is 1.15 bits per heavy atom. The predicted molar refractivity (Wildman–Crippen MR) is 133 cm³/mol. The second kappa shape index (κ2) is 9.69. The van der Waals surface area contributed by atoms with Crippen LogP contribution in [0.5, 0.6) is 0 Å². The lowest BCUT2D eigenvalue weighted by Crippen LogP contribution is -2.49. The van der Waals surface area contributed by atoms with E-state index in [1.165, 1.54) is 27.8 Å². The number of hydrogen-bond donors (Lipinski definition) is 0. The van der Waals surface area contributed by atoms with Crippen molar-refractivity contribution >= 4 is 42.6 Å². The van der Waals surface area contributed by atoms with Gasteiger partial charge in [-0.1, -0.05) is 17.4 Å². The van der Waals surface area contributed by atoms with Crippen LogP contribution in [0, 0.1) is 19.7 Å². The third-order valence-electron chi connectivity index (χ3n) is 6.25. The van der Waals surface area contributed by atoms with Gasteiger partial charge in [0, 0.05) is 19.6 Å². The second-order valence-electron chi connectivity index (χ2n) is 8.87. The molecule has 1 aliphatic rings. The second-order valence-corrected chi connectivity index (χ2v) is 11.8. The Morgan fingerprint density at radius 2 is 1.85 bits per heavy atom. The normalized spacial score (nSPS) is 17.1. The molecule has 10 heteroatoms. The lowest BCUT2D eigenvalue weighted by atomic mass is 10.1. The summed E-state index contributed by atoms with van der Waals surface area (Å²) in [7, 11) is -0.0899. The first kappa shape index (κ1) is 24.7. The number of rotatable bonds is 7.